The summed E-state index contributed by atoms with van der Waals surface area (Å²) in [4.78, 5) is 12.1. The van der Waals surface area contributed by atoms with Gasteiger partial charge in [-0.1, -0.05) is 48.7 Å². The van der Waals surface area contributed by atoms with Gasteiger partial charge in [0.05, 0.1) is 11.6 Å². The number of carbonyl (C=O) groups excluding carboxylic acids is 1. The highest BCUT2D eigenvalue weighted by molar-refractivity contribution is 7.89. The molecule has 0 bridgehead atoms. The van der Waals surface area contributed by atoms with Gasteiger partial charge in [-0.25, -0.2) is 8.42 Å². The lowest BCUT2D eigenvalue weighted by molar-refractivity contribution is -0.116. The summed E-state index contributed by atoms with van der Waals surface area (Å²) in [6.45, 7) is 1.79. The van der Waals surface area contributed by atoms with Crippen molar-refractivity contribution in [2.45, 2.75) is 31.1 Å². The molecule has 146 valence electrons. The number of unbranched alkanes of at least 4 members (excludes halogenated alkanes) is 1. The summed E-state index contributed by atoms with van der Waals surface area (Å²) >= 11 is 11.8. The van der Waals surface area contributed by atoms with E-state index in [9.17, 15) is 13.2 Å². The topological polar surface area (TPSA) is 66.5 Å². The number of hydrogen-bond acceptors (Lipinski definition) is 3. The van der Waals surface area contributed by atoms with Gasteiger partial charge in [-0.2, -0.15) is 4.31 Å². The summed E-state index contributed by atoms with van der Waals surface area (Å²) in [7, 11) is -2.62. The molecular formula is C19H22Cl2N2O3S. The molecule has 0 fully saturated rings. The largest absolute Gasteiger partial charge is 0.325 e. The van der Waals surface area contributed by atoms with Gasteiger partial charge in [0.2, 0.25) is 15.9 Å². The monoisotopic (exact) mass is 428 g/mol. The zero-order valence-electron chi connectivity index (χ0n) is 15.2. The van der Waals surface area contributed by atoms with Crippen molar-refractivity contribution in [1.82, 2.24) is 4.31 Å². The predicted molar refractivity (Wildman–Crippen MR) is 110 cm³/mol. The smallest absolute Gasteiger partial charge is 0.244 e. The van der Waals surface area contributed by atoms with Gasteiger partial charge in [0, 0.05) is 17.8 Å². The first-order chi connectivity index (χ1) is 12.7. The molecule has 27 heavy (non-hydrogen) atoms. The van der Waals surface area contributed by atoms with Crippen LogP contribution in [-0.2, 0) is 21.2 Å². The first kappa shape index (κ1) is 21.7. The Morgan fingerprint density at radius 3 is 2.41 bits per heavy atom. The molecule has 0 atom stereocenters. The molecule has 5 nitrogen and oxygen atoms in total. The summed E-state index contributed by atoms with van der Waals surface area (Å²) < 4.78 is 26.2. The van der Waals surface area contributed by atoms with Gasteiger partial charge in [0.1, 0.15) is 4.90 Å². The Morgan fingerprint density at radius 2 is 1.78 bits per heavy atom. The molecule has 0 radical (unpaired) electrons. The maximum Gasteiger partial charge on any atom is 0.244 e. The van der Waals surface area contributed by atoms with Gasteiger partial charge < -0.3 is 5.32 Å². The number of halogens is 2. The van der Waals surface area contributed by atoms with Crippen LogP contribution in [0.4, 0.5) is 5.69 Å². The van der Waals surface area contributed by atoms with Crippen LogP contribution < -0.4 is 5.32 Å². The average Bonchev–Trinajstić information content (AvgIpc) is 2.62. The molecule has 1 amide bonds. The number of nitrogens with zero attached hydrogens (tertiary/aromatic N) is 1. The van der Waals surface area contributed by atoms with Crippen LogP contribution in [0.2, 0.25) is 10.0 Å². The lowest BCUT2D eigenvalue weighted by Gasteiger charge is -2.18. The Morgan fingerprint density at radius 1 is 1.11 bits per heavy atom. The highest BCUT2D eigenvalue weighted by Crippen LogP contribution is 2.27. The fourth-order valence-corrected chi connectivity index (χ4v) is 4.33. The van der Waals surface area contributed by atoms with E-state index < -0.39 is 15.9 Å². The van der Waals surface area contributed by atoms with Crippen molar-refractivity contribution in [1.29, 1.82) is 0 Å². The number of likely N-dealkylation sites (N-methyl/N-ethyl adjacent to an activating group) is 1. The molecule has 0 saturated heterocycles. The van der Waals surface area contributed by atoms with E-state index in [0.717, 1.165) is 23.6 Å². The molecule has 2 rings (SSSR count). The van der Waals surface area contributed by atoms with Crippen LogP contribution in [-0.4, -0.2) is 32.2 Å². The van der Waals surface area contributed by atoms with Gasteiger partial charge in [0.25, 0.3) is 0 Å². The van der Waals surface area contributed by atoms with E-state index in [0.29, 0.717) is 5.69 Å². The number of sulfonamides is 1. The van der Waals surface area contributed by atoms with Crippen molar-refractivity contribution >= 4 is 44.8 Å². The number of rotatable bonds is 8. The first-order valence-electron chi connectivity index (χ1n) is 8.54. The maximum atomic E-state index is 12.6. The number of amides is 1. The van der Waals surface area contributed by atoms with Crippen molar-refractivity contribution in [3.05, 3.63) is 58.1 Å². The van der Waals surface area contributed by atoms with E-state index >= 15 is 0 Å². The summed E-state index contributed by atoms with van der Waals surface area (Å²) in [5, 5.41) is 3.00. The minimum Gasteiger partial charge on any atom is -0.325 e. The van der Waals surface area contributed by atoms with Crippen LogP contribution in [0.1, 0.15) is 25.3 Å². The molecular weight excluding hydrogens is 407 g/mol. The maximum absolute atomic E-state index is 12.6. The molecule has 2 aromatic rings. The van der Waals surface area contributed by atoms with E-state index in [-0.39, 0.29) is 21.5 Å². The highest BCUT2D eigenvalue weighted by Gasteiger charge is 2.25. The van der Waals surface area contributed by atoms with Crippen LogP contribution in [0.5, 0.6) is 0 Å². The van der Waals surface area contributed by atoms with Gasteiger partial charge in [-0.15, -0.1) is 0 Å². The fourth-order valence-electron chi connectivity index (χ4n) is 2.47. The summed E-state index contributed by atoms with van der Waals surface area (Å²) in [5.41, 5.74) is 1.82. The molecule has 0 aliphatic carbocycles. The van der Waals surface area contributed by atoms with Crippen molar-refractivity contribution < 1.29 is 13.2 Å². The molecule has 0 aromatic heterocycles. The molecule has 2 aromatic carbocycles. The van der Waals surface area contributed by atoms with Gasteiger partial charge >= 0.3 is 0 Å². The number of nitrogens with one attached hydrogen (secondary N) is 1. The van der Waals surface area contributed by atoms with Crippen LogP contribution in [0.25, 0.3) is 0 Å². The molecule has 0 aliphatic heterocycles. The van der Waals surface area contributed by atoms with Gasteiger partial charge in [-0.3, -0.25) is 4.79 Å². The number of benzene rings is 2. The van der Waals surface area contributed by atoms with Gasteiger partial charge in [-0.05, 0) is 48.7 Å². The second-order valence-corrected chi connectivity index (χ2v) is 9.04. The number of aryl methyl sites for hydroxylation is 1. The van der Waals surface area contributed by atoms with Crippen LogP contribution in [0.15, 0.2) is 47.4 Å². The molecule has 0 aliphatic rings. The summed E-state index contributed by atoms with van der Waals surface area (Å²) in [6, 6.07) is 11.7. The molecule has 0 spiro atoms. The Bertz CT molecular complexity index is 900. The van der Waals surface area contributed by atoms with E-state index in [1.807, 2.05) is 24.3 Å². The zero-order chi connectivity index (χ0) is 20.0. The number of hydrogen-bond donors (Lipinski definition) is 1. The standard InChI is InChI=1S/C19H22Cl2N2O3S/c1-3-4-5-14-6-9-16(10-7-14)22-19(24)13-23(2)27(25,26)18-12-15(20)8-11-17(18)21/h6-12H,3-5,13H2,1-2H3,(H,22,24). The molecule has 1 N–H and O–H groups in total. The molecule has 0 heterocycles. The van der Waals surface area contributed by atoms with Crippen LogP contribution >= 0.6 is 23.2 Å². The highest BCUT2D eigenvalue weighted by atomic mass is 35.5. The number of anilines is 1. The Kier molecular flexibility index (Phi) is 7.68. The third-order valence-corrected chi connectivity index (χ3v) is 6.52. The predicted octanol–water partition coefficient (Wildman–Crippen LogP) is 4.60. The lowest BCUT2D eigenvalue weighted by Crippen LogP contribution is -2.35. The molecule has 0 saturated carbocycles. The second-order valence-electron chi connectivity index (χ2n) is 6.18. The Balaban J connectivity index is 2.03. The second kappa shape index (κ2) is 9.55. The van der Waals surface area contributed by atoms with Crippen molar-refractivity contribution in [3.8, 4) is 0 Å². The summed E-state index contributed by atoms with van der Waals surface area (Å²) in [5.74, 6) is -0.444. The SMILES string of the molecule is CCCCc1ccc(NC(=O)CN(C)S(=O)(=O)c2cc(Cl)ccc2Cl)cc1. The fraction of sp³-hybridized carbons (Fsp3) is 0.316. The first-order valence-corrected chi connectivity index (χ1v) is 10.7. The molecule has 0 unspecified atom stereocenters. The van der Waals surface area contributed by atoms with E-state index in [2.05, 4.69) is 12.2 Å². The third kappa shape index (κ3) is 5.94. The van der Waals surface area contributed by atoms with E-state index in [1.165, 1.54) is 30.8 Å². The minimum atomic E-state index is -3.94. The Labute approximate surface area is 170 Å². The average molecular weight is 429 g/mol. The zero-order valence-corrected chi connectivity index (χ0v) is 17.5. The number of carbonyl (C=O) groups is 1. The van der Waals surface area contributed by atoms with Crippen molar-refractivity contribution in [3.63, 3.8) is 0 Å². The van der Waals surface area contributed by atoms with Crippen molar-refractivity contribution in [2.24, 2.45) is 0 Å². The van der Waals surface area contributed by atoms with Crippen LogP contribution in [0, 0.1) is 0 Å². The van der Waals surface area contributed by atoms with E-state index in [4.69, 9.17) is 23.2 Å². The normalized spacial score (nSPS) is 11.6. The lowest BCUT2D eigenvalue weighted by atomic mass is 10.1. The third-order valence-electron chi connectivity index (χ3n) is 4.00. The van der Waals surface area contributed by atoms with E-state index in [1.54, 1.807) is 0 Å². The minimum absolute atomic E-state index is 0.0503. The summed E-state index contributed by atoms with van der Waals surface area (Å²) in [6.07, 6.45) is 3.22. The Hall–Kier alpha value is -1.60. The van der Waals surface area contributed by atoms with Crippen molar-refractivity contribution in [2.75, 3.05) is 18.9 Å². The van der Waals surface area contributed by atoms with Gasteiger partial charge in [0.15, 0.2) is 0 Å². The molecule has 8 heteroatoms. The quantitative estimate of drug-likeness (QED) is 0.667. The van der Waals surface area contributed by atoms with Crippen LogP contribution in [0.3, 0.4) is 0 Å².